The number of alkyl halides is 3. The predicted octanol–water partition coefficient (Wildman–Crippen LogP) is 6.20. The fourth-order valence-electron chi connectivity index (χ4n) is 3.01. The molecule has 0 aliphatic heterocycles. The van der Waals surface area contributed by atoms with Gasteiger partial charge in [-0.1, -0.05) is 39.8 Å². The van der Waals surface area contributed by atoms with Crippen LogP contribution in [0.4, 0.5) is 18.9 Å². The van der Waals surface area contributed by atoms with Gasteiger partial charge in [0.25, 0.3) is 5.91 Å². The van der Waals surface area contributed by atoms with Gasteiger partial charge in [0, 0.05) is 0 Å². The second-order valence-corrected chi connectivity index (χ2v) is 7.52. The molecule has 2 rings (SSSR count). The third kappa shape index (κ3) is 5.20. The number of nitrogens with zero attached hydrogens (tertiary/aromatic N) is 1. The average molecular weight is 416 g/mol. The Labute approximate surface area is 173 Å². The van der Waals surface area contributed by atoms with E-state index in [-0.39, 0.29) is 23.2 Å². The van der Waals surface area contributed by atoms with E-state index in [4.69, 9.17) is 0 Å². The van der Waals surface area contributed by atoms with Crippen LogP contribution in [0.2, 0.25) is 0 Å². The number of carbonyl (C=O) groups excluding carboxylic acids is 1. The van der Waals surface area contributed by atoms with Gasteiger partial charge >= 0.3 is 6.18 Å². The van der Waals surface area contributed by atoms with Crippen LogP contribution < -0.4 is 5.32 Å². The van der Waals surface area contributed by atoms with Gasteiger partial charge in [0.1, 0.15) is 17.4 Å². The highest BCUT2D eigenvalue weighted by atomic mass is 19.4. The first-order valence-electron chi connectivity index (χ1n) is 9.41. The molecular weight excluding hydrogens is 393 g/mol. The van der Waals surface area contributed by atoms with Crippen molar-refractivity contribution in [3.05, 3.63) is 64.2 Å². The first-order chi connectivity index (χ1) is 14.0. The van der Waals surface area contributed by atoms with Crippen molar-refractivity contribution in [3.63, 3.8) is 0 Å². The topological polar surface area (TPSA) is 73.1 Å². The van der Waals surface area contributed by atoms with Gasteiger partial charge in [-0.15, -0.1) is 0 Å². The lowest BCUT2D eigenvalue weighted by atomic mass is 9.91. The molecule has 7 heteroatoms. The number of rotatable bonds is 5. The van der Waals surface area contributed by atoms with Gasteiger partial charge in [0.15, 0.2) is 0 Å². The minimum atomic E-state index is -4.64. The summed E-state index contributed by atoms with van der Waals surface area (Å²) in [7, 11) is 0. The number of carbonyl (C=O) groups is 1. The van der Waals surface area contributed by atoms with E-state index in [1.165, 1.54) is 18.2 Å². The van der Waals surface area contributed by atoms with E-state index >= 15 is 0 Å². The Morgan fingerprint density at radius 1 is 1.10 bits per heavy atom. The predicted molar refractivity (Wildman–Crippen MR) is 110 cm³/mol. The van der Waals surface area contributed by atoms with Gasteiger partial charge in [0.05, 0.1) is 11.3 Å². The summed E-state index contributed by atoms with van der Waals surface area (Å²) >= 11 is 0. The molecule has 30 heavy (non-hydrogen) atoms. The van der Waals surface area contributed by atoms with E-state index in [0.29, 0.717) is 16.7 Å². The second-order valence-electron chi connectivity index (χ2n) is 7.52. The number of para-hydroxylation sites is 1. The zero-order valence-corrected chi connectivity index (χ0v) is 17.1. The normalized spacial score (nSPS) is 12.2. The summed E-state index contributed by atoms with van der Waals surface area (Å²) in [4.78, 5) is 12.5. The summed E-state index contributed by atoms with van der Waals surface area (Å²) in [5, 5.41) is 22.1. The molecule has 0 radical (unpaired) electrons. The maximum Gasteiger partial charge on any atom is 0.418 e. The molecule has 2 aromatic carbocycles. The van der Waals surface area contributed by atoms with Crippen molar-refractivity contribution in [3.8, 4) is 11.8 Å². The Morgan fingerprint density at radius 3 is 2.10 bits per heavy atom. The third-order valence-corrected chi connectivity index (χ3v) is 4.59. The summed E-state index contributed by atoms with van der Waals surface area (Å²) in [6, 6.07) is 9.65. The molecule has 0 heterocycles. The number of halogens is 3. The molecule has 0 saturated heterocycles. The smallest absolute Gasteiger partial charge is 0.418 e. The van der Waals surface area contributed by atoms with Gasteiger partial charge in [-0.05, 0) is 58.9 Å². The molecule has 4 nitrogen and oxygen atoms in total. The van der Waals surface area contributed by atoms with Crippen molar-refractivity contribution < 1.29 is 23.1 Å². The fourth-order valence-corrected chi connectivity index (χ4v) is 3.01. The van der Waals surface area contributed by atoms with E-state index in [1.54, 1.807) is 18.2 Å². The van der Waals surface area contributed by atoms with E-state index in [1.807, 2.05) is 27.7 Å². The molecule has 0 spiro atoms. The lowest BCUT2D eigenvalue weighted by Crippen LogP contribution is -2.17. The lowest BCUT2D eigenvalue weighted by molar-refractivity contribution is -0.137. The molecule has 158 valence electrons. The Hall–Kier alpha value is -3.27. The van der Waals surface area contributed by atoms with E-state index in [2.05, 4.69) is 5.32 Å². The summed E-state index contributed by atoms with van der Waals surface area (Å²) in [6.45, 7) is 7.61. The number of anilines is 1. The largest absolute Gasteiger partial charge is 0.507 e. The van der Waals surface area contributed by atoms with Crippen LogP contribution in [0.3, 0.4) is 0 Å². The van der Waals surface area contributed by atoms with Crippen LogP contribution in [0.1, 0.15) is 61.8 Å². The summed E-state index contributed by atoms with van der Waals surface area (Å²) in [6.07, 6.45) is -3.33. The highest BCUT2D eigenvalue weighted by Gasteiger charge is 2.33. The second kappa shape index (κ2) is 9.04. The maximum atomic E-state index is 13.2. The Balaban J connectivity index is 2.46. The van der Waals surface area contributed by atoms with Crippen LogP contribution in [-0.2, 0) is 11.0 Å². The van der Waals surface area contributed by atoms with Crippen LogP contribution in [0.5, 0.6) is 5.75 Å². The lowest BCUT2D eigenvalue weighted by Gasteiger charge is -2.17. The SMILES string of the molecule is CC(C)c1cc(C=C(C#N)C(=O)Nc2ccccc2C(F)(F)F)cc(C(C)C)c1O. The average Bonchev–Trinajstić information content (AvgIpc) is 2.66. The zero-order chi connectivity index (χ0) is 22.6. The number of nitriles is 1. The molecular formula is C23H23F3N2O2. The summed E-state index contributed by atoms with van der Waals surface area (Å²) in [5.41, 5.74) is 0.0651. The molecule has 0 unspecified atom stereocenters. The van der Waals surface area contributed by atoms with Crippen LogP contribution in [-0.4, -0.2) is 11.0 Å². The molecule has 0 fully saturated rings. The number of phenolic OH excluding ortho intramolecular Hbond substituents is 1. The van der Waals surface area contributed by atoms with Gasteiger partial charge in [-0.3, -0.25) is 4.79 Å². The molecule has 2 aromatic rings. The highest BCUT2D eigenvalue weighted by molar-refractivity contribution is 6.10. The molecule has 0 aliphatic carbocycles. The Kier molecular flexibility index (Phi) is 6.93. The molecule has 0 aromatic heterocycles. The number of phenols is 1. The molecule has 0 saturated carbocycles. The number of amides is 1. The third-order valence-electron chi connectivity index (χ3n) is 4.59. The highest BCUT2D eigenvalue weighted by Crippen LogP contribution is 2.36. The molecule has 2 N–H and O–H groups in total. The van der Waals surface area contributed by atoms with Crippen molar-refractivity contribution >= 4 is 17.7 Å². The molecule has 0 aliphatic rings. The summed E-state index contributed by atoms with van der Waals surface area (Å²) < 4.78 is 39.5. The van der Waals surface area contributed by atoms with Gasteiger partial charge in [-0.2, -0.15) is 18.4 Å². The van der Waals surface area contributed by atoms with E-state index in [0.717, 1.165) is 12.1 Å². The zero-order valence-electron chi connectivity index (χ0n) is 17.1. The van der Waals surface area contributed by atoms with Crippen LogP contribution >= 0.6 is 0 Å². The quantitative estimate of drug-likeness (QED) is 0.450. The van der Waals surface area contributed by atoms with Crippen molar-refractivity contribution in [2.75, 3.05) is 5.32 Å². The van der Waals surface area contributed by atoms with Crippen LogP contribution in [0, 0.1) is 11.3 Å². The number of aromatic hydroxyl groups is 1. The minimum absolute atomic E-state index is 0.00567. The first kappa shape index (κ1) is 23.0. The maximum absolute atomic E-state index is 13.2. The Morgan fingerprint density at radius 2 is 1.63 bits per heavy atom. The van der Waals surface area contributed by atoms with Crippen molar-refractivity contribution in [2.45, 2.75) is 45.7 Å². The van der Waals surface area contributed by atoms with Gasteiger partial charge < -0.3 is 10.4 Å². The summed E-state index contributed by atoms with van der Waals surface area (Å²) in [5.74, 6) is -0.790. The van der Waals surface area contributed by atoms with Gasteiger partial charge in [-0.25, -0.2) is 0 Å². The number of benzene rings is 2. The van der Waals surface area contributed by atoms with E-state index < -0.39 is 23.3 Å². The molecule has 0 bridgehead atoms. The van der Waals surface area contributed by atoms with Crippen molar-refractivity contribution in [1.29, 1.82) is 5.26 Å². The number of hydrogen-bond donors (Lipinski definition) is 2. The number of nitrogens with one attached hydrogen (secondary N) is 1. The monoisotopic (exact) mass is 416 g/mol. The standard InChI is InChI=1S/C23H23F3N2O2/c1-13(2)17-10-15(11-18(14(3)4)21(17)29)9-16(12-27)22(30)28-20-8-6-5-7-19(20)23(24,25)26/h5-11,13-14,29H,1-4H3,(H,28,30). The van der Waals surface area contributed by atoms with Crippen molar-refractivity contribution in [1.82, 2.24) is 0 Å². The Bertz CT molecular complexity index is 987. The number of hydrogen-bond acceptors (Lipinski definition) is 3. The molecule has 0 atom stereocenters. The van der Waals surface area contributed by atoms with Crippen LogP contribution in [0.25, 0.3) is 6.08 Å². The first-order valence-corrected chi connectivity index (χ1v) is 9.41. The van der Waals surface area contributed by atoms with Crippen LogP contribution in [0.15, 0.2) is 42.0 Å². The van der Waals surface area contributed by atoms with E-state index in [9.17, 15) is 28.3 Å². The minimum Gasteiger partial charge on any atom is -0.507 e. The molecule has 1 amide bonds. The van der Waals surface area contributed by atoms with Gasteiger partial charge in [0.2, 0.25) is 0 Å². The fraction of sp³-hybridized carbons (Fsp3) is 0.304. The van der Waals surface area contributed by atoms with Crippen molar-refractivity contribution in [2.24, 2.45) is 0 Å².